The predicted octanol–water partition coefficient (Wildman–Crippen LogP) is 3.07. The topological polar surface area (TPSA) is 79.9 Å². The molecular weight excluding hydrogens is 489 g/mol. The van der Waals surface area contributed by atoms with Crippen LogP contribution in [0.25, 0.3) is 0 Å². The van der Waals surface area contributed by atoms with E-state index in [1.807, 2.05) is 17.0 Å². The fraction of sp³-hybridized carbons (Fsp3) is 0.440. The maximum absolute atomic E-state index is 14.7. The molecule has 0 aliphatic carbocycles. The lowest BCUT2D eigenvalue weighted by atomic mass is 10.0. The molecule has 1 atom stereocenters. The minimum Gasteiger partial charge on any atom is -0.380 e. The number of nitrogens with one attached hydrogen (secondary N) is 2. The summed E-state index contributed by atoms with van der Waals surface area (Å²) in [6.07, 6.45) is 0. The van der Waals surface area contributed by atoms with Gasteiger partial charge >= 0.3 is 0 Å². The Hall–Kier alpha value is -2.30. The third-order valence-corrected chi connectivity index (χ3v) is 7.73. The van der Waals surface area contributed by atoms with Crippen LogP contribution in [0.5, 0.6) is 0 Å². The summed E-state index contributed by atoms with van der Waals surface area (Å²) in [6.45, 7) is 9.31. The molecule has 0 bridgehead atoms. The van der Waals surface area contributed by atoms with Gasteiger partial charge in [-0.1, -0.05) is 50.0 Å². The molecular formula is C25H35ClFN3O4Si. The van der Waals surface area contributed by atoms with E-state index in [4.69, 9.17) is 9.47 Å². The summed E-state index contributed by atoms with van der Waals surface area (Å²) in [5.74, 6) is -1.02. The number of halogens is 2. The lowest BCUT2D eigenvalue weighted by Crippen LogP contribution is -2.46. The van der Waals surface area contributed by atoms with Crippen molar-refractivity contribution in [3.8, 4) is 0 Å². The zero-order chi connectivity index (χ0) is 24.7. The molecule has 0 spiro atoms. The van der Waals surface area contributed by atoms with Crippen LogP contribution in [0.1, 0.15) is 17.2 Å². The van der Waals surface area contributed by atoms with Gasteiger partial charge < -0.3 is 20.1 Å². The number of benzene rings is 2. The van der Waals surface area contributed by atoms with Crippen molar-refractivity contribution >= 4 is 43.2 Å². The fourth-order valence-corrected chi connectivity index (χ4v) is 5.23. The standard InChI is InChI=1S/C25H34FN3O4Si.ClH/c1-32-17-18-5-7-19(8-6-18)24(28-23(30)16-29-11-13-33-14-12-29)25(31)27-20-9-10-22(21(26)15-20)34(2,3)4;/h5-10,15,24H,11-14,16-17H2,1-4H3,(H,27,31)(H,28,30);1H. The van der Waals surface area contributed by atoms with Gasteiger partial charge in [0.05, 0.1) is 34.4 Å². The van der Waals surface area contributed by atoms with Crippen LogP contribution >= 0.6 is 12.4 Å². The molecule has 0 aromatic heterocycles. The van der Waals surface area contributed by atoms with Gasteiger partial charge in [-0.2, -0.15) is 0 Å². The van der Waals surface area contributed by atoms with Crippen molar-refractivity contribution in [2.24, 2.45) is 0 Å². The average molecular weight is 524 g/mol. The van der Waals surface area contributed by atoms with Crippen molar-refractivity contribution in [1.82, 2.24) is 10.2 Å². The second-order valence-electron chi connectivity index (χ2n) is 9.50. The van der Waals surface area contributed by atoms with Gasteiger partial charge in [0.1, 0.15) is 11.9 Å². The lowest BCUT2D eigenvalue weighted by molar-refractivity contribution is -0.128. The molecule has 0 radical (unpaired) electrons. The maximum atomic E-state index is 14.7. The number of hydrogen-bond acceptors (Lipinski definition) is 5. The monoisotopic (exact) mass is 523 g/mol. The highest BCUT2D eigenvalue weighted by Gasteiger charge is 2.26. The molecule has 2 amide bonds. The number of hydrogen-bond donors (Lipinski definition) is 2. The summed E-state index contributed by atoms with van der Waals surface area (Å²) in [4.78, 5) is 28.0. The molecule has 2 N–H and O–H groups in total. The number of ether oxygens (including phenoxy) is 2. The minimum atomic E-state index is -1.84. The van der Waals surface area contributed by atoms with E-state index in [1.54, 1.807) is 31.4 Å². The number of anilines is 1. The van der Waals surface area contributed by atoms with Crippen molar-refractivity contribution in [3.63, 3.8) is 0 Å². The Morgan fingerprint density at radius 2 is 1.77 bits per heavy atom. The van der Waals surface area contributed by atoms with E-state index in [2.05, 4.69) is 30.3 Å². The molecule has 1 aliphatic heterocycles. The van der Waals surface area contributed by atoms with Gasteiger partial charge in [-0.05, 0) is 28.4 Å². The van der Waals surface area contributed by atoms with E-state index < -0.39 is 20.0 Å². The number of morpholine rings is 1. The van der Waals surface area contributed by atoms with Crippen molar-refractivity contribution in [2.45, 2.75) is 32.3 Å². The van der Waals surface area contributed by atoms with Crippen LogP contribution in [0.4, 0.5) is 10.1 Å². The number of rotatable bonds is 9. The molecule has 2 aromatic rings. The number of methoxy groups -OCH3 is 1. The van der Waals surface area contributed by atoms with Crippen LogP contribution in [0.3, 0.4) is 0 Å². The zero-order valence-corrected chi connectivity index (χ0v) is 22.5. The second kappa shape index (κ2) is 13.1. The highest BCUT2D eigenvalue weighted by molar-refractivity contribution is 6.88. The molecule has 1 aliphatic rings. The zero-order valence-electron chi connectivity index (χ0n) is 20.7. The van der Waals surface area contributed by atoms with E-state index in [1.165, 1.54) is 6.07 Å². The smallest absolute Gasteiger partial charge is 0.251 e. The molecule has 3 rings (SSSR count). The lowest BCUT2D eigenvalue weighted by Gasteiger charge is -2.27. The van der Waals surface area contributed by atoms with Gasteiger partial charge in [-0.3, -0.25) is 14.5 Å². The van der Waals surface area contributed by atoms with Gasteiger partial charge in [0.15, 0.2) is 0 Å². The average Bonchev–Trinajstić information content (AvgIpc) is 2.78. The summed E-state index contributed by atoms with van der Waals surface area (Å²) in [5.41, 5.74) is 1.94. The van der Waals surface area contributed by atoms with Crippen LogP contribution in [0.2, 0.25) is 19.6 Å². The summed E-state index contributed by atoms with van der Waals surface area (Å²) in [7, 11) is -0.226. The Kier molecular flexibility index (Phi) is 10.9. The number of amides is 2. The van der Waals surface area contributed by atoms with Crippen molar-refractivity contribution in [1.29, 1.82) is 0 Å². The Balaban J connectivity index is 0.00000432. The Bertz CT molecular complexity index is 995. The summed E-state index contributed by atoms with van der Waals surface area (Å²) in [6, 6.07) is 11.2. The minimum absolute atomic E-state index is 0. The van der Waals surface area contributed by atoms with Crippen LogP contribution in [0.15, 0.2) is 42.5 Å². The molecule has 7 nitrogen and oxygen atoms in total. The molecule has 2 aromatic carbocycles. The van der Waals surface area contributed by atoms with Gasteiger partial charge in [0.25, 0.3) is 5.91 Å². The molecule has 1 saturated heterocycles. The first-order valence-electron chi connectivity index (χ1n) is 11.5. The fourth-order valence-electron chi connectivity index (χ4n) is 3.86. The number of nitrogens with zero attached hydrogens (tertiary/aromatic N) is 1. The Morgan fingerprint density at radius 3 is 2.34 bits per heavy atom. The van der Waals surface area contributed by atoms with Gasteiger partial charge in [0.2, 0.25) is 5.91 Å². The summed E-state index contributed by atoms with van der Waals surface area (Å²) < 4.78 is 25.2. The van der Waals surface area contributed by atoms with Crippen LogP contribution in [-0.2, 0) is 25.7 Å². The SMILES string of the molecule is COCc1ccc(C(NC(=O)CN2CCOCC2)C(=O)Nc2ccc([Si](C)(C)C)c(F)c2)cc1.Cl. The molecule has 1 fully saturated rings. The quantitative estimate of drug-likeness (QED) is 0.494. The number of carbonyl (C=O) groups is 2. The molecule has 1 unspecified atom stereocenters. The highest BCUT2D eigenvalue weighted by Crippen LogP contribution is 2.19. The van der Waals surface area contributed by atoms with E-state index in [0.717, 1.165) is 5.56 Å². The Labute approximate surface area is 213 Å². The summed E-state index contributed by atoms with van der Waals surface area (Å²) in [5, 5.41) is 6.33. The van der Waals surface area contributed by atoms with Crippen molar-refractivity contribution < 1.29 is 23.5 Å². The molecule has 0 saturated carbocycles. The normalized spacial score (nSPS) is 15.1. The maximum Gasteiger partial charge on any atom is 0.251 e. The van der Waals surface area contributed by atoms with Gasteiger partial charge in [-0.15, -0.1) is 12.4 Å². The third-order valence-electron chi connectivity index (χ3n) is 5.71. The van der Waals surface area contributed by atoms with Crippen molar-refractivity contribution in [3.05, 3.63) is 59.4 Å². The van der Waals surface area contributed by atoms with E-state index in [0.29, 0.717) is 49.3 Å². The van der Waals surface area contributed by atoms with Crippen LogP contribution in [-0.4, -0.2) is 64.7 Å². The first kappa shape index (κ1) is 28.9. The highest BCUT2D eigenvalue weighted by atomic mass is 35.5. The van der Waals surface area contributed by atoms with Crippen LogP contribution in [0, 0.1) is 5.82 Å². The van der Waals surface area contributed by atoms with Gasteiger partial charge in [-0.25, -0.2) is 4.39 Å². The third kappa shape index (κ3) is 8.40. The van der Waals surface area contributed by atoms with E-state index in [-0.39, 0.29) is 30.7 Å². The largest absolute Gasteiger partial charge is 0.380 e. The first-order valence-corrected chi connectivity index (χ1v) is 15.0. The molecule has 35 heavy (non-hydrogen) atoms. The van der Waals surface area contributed by atoms with E-state index >= 15 is 0 Å². The summed E-state index contributed by atoms with van der Waals surface area (Å²) >= 11 is 0. The Morgan fingerprint density at radius 1 is 1.11 bits per heavy atom. The number of carbonyl (C=O) groups excluding carboxylic acids is 2. The first-order chi connectivity index (χ1) is 16.2. The molecule has 192 valence electrons. The van der Waals surface area contributed by atoms with Crippen LogP contribution < -0.4 is 15.8 Å². The van der Waals surface area contributed by atoms with E-state index in [9.17, 15) is 14.0 Å². The van der Waals surface area contributed by atoms with Gasteiger partial charge in [0, 0.05) is 25.9 Å². The molecule has 1 heterocycles. The van der Waals surface area contributed by atoms with Crippen molar-refractivity contribution in [2.75, 3.05) is 45.3 Å². The molecule has 10 heteroatoms. The predicted molar refractivity (Wildman–Crippen MR) is 141 cm³/mol. The second-order valence-corrected chi connectivity index (χ2v) is 14.5.